The van der Waals surface area contributed by atoms with Gasteiger partial charge >= 0.3 is 5.97 Å². The van der Waals surface area contributed by atoms with Crippen LogP contribution in [0.2, 0.25) is 0 Å². The lowest BCUT2D eigenvalue weighted by Crippen LogP contribution is -2.54. The monoisotopic (exact) mass is 385 g/mol. The third-order valence-electron chi connectivity index (χ3n) is 6.36. The molecule has 3 amide bonds. The van der Waals surface area contributed by atoms with Gasteiger partial charge in [-0.2, -0.15) is 0 Å². The van der Waals surface area contributed by atoms with E-state index in [0.29, 0.717) is 17.7 Å². The molecule has 4 rings (SSSR count). The molecule has 2 saturated heterocycles. The predicted molar refractivity (Wildman–Crippen MR) is 99.1 cm³/mol. The first kappa shape index (κ1) is 18.6. The van der Waals surface area contributed by atoms with E-state index in [1.807, 2.05) is 13.8 Å². The summed E-state index contributed by atoms with van der Waals surface area (Å²) in [6.07, 6.45) is 0.631. The van der Waals surface area contributed by atoms with Gasteiger partial charge in [0.15, 0.2) is 0 Å². The number of carboxylic acid groups (broad SMARTS) is 1. The van der Waals surface area contributed by atoms with Crippen LogP contribution in [-0.4, -0.2) is 45.8 Å². The van der Waals surface area contributed by atoms with Crippen molar-refractivity contribution in [2.45, 2.75) is 50.7 Å². The van der Waals surface area contributed by atoms with E-state index in [0.717, 1.165) is 0 Å². The number of fused-ring (bicyclic) bond motifs is 4. The average Bonchev–Trinajstić information content (AvgIpc) is 3.24. The fourth-order valence-electron chi connectivity index (χ4n) is 4.93. The van der Waals surface area contributed by atoms with Gasteiger partial charge in [0, 0.05) is 29.8 Å². The van der Waals surface area contributed by atoms with Gasteiger partial charge in [-0.3, -0.25) is 29.4 Å². The van der Waals surface area contributed by atoms with Crippen molar-refractivity contribution < 1.29 is 24.3 Å². The third kappa shape index (κ3) is 2.33. The summed E-state index contributed by atoms with van der Waals surface area (Å²) in [5.41, 5.74) is -0.0980. The average molecular weight is 385 g/mol. The molecule has 0 saturated carbocycles. The summed E-state index contributed by atoms with van der Waals surface area (Å²) >= 11 is 0. The second-order valence-corrected chi connectivity index (χ2v) is 7.80. The Hall–Kier alpha value is -2.74. The van der Waals surface area contributed by atoms with E-state index in [-0.39, 0.29) is 36.6 Å². The first-order chi connectivity index (χ1) is 13.3. The van der Waals surface area contributed by atoms with E-state index in [1.165, 1.54) is 4.90 Å². The van der Waals surface area contributed by atoms with Crippen LogP contribution < -0.4 is 10.6 Å². The second-order valence-electron chi connectivity index (χ2n) is 7.80. The molecule has 3 aliphatic heterocycles. The van der Waals surface area contributed by atoms with Crippen LogP contribution in [-0.2, 0) is 24.7 Å². The Morgan fingerprint density at radius 1 is 1.25 bits per heavy atom. The van der Waals surface area contributed by atoms with E-state index >= 15 is 0 Å². The molecule has 148 valence electrons. The number of rotatable bonds is 5. The first-order valence-electron chi connectivity index (χ1n) is 9.60. The van der Waals surface area contributed by atoms with Crippen LogP contribution >= 0.6 is 0 Å². The highest BCUT2D eigenvalue weighted by Gasteiger charge is 2.70. The van der Waals surface area contributed by atoms with Crippen molar-refractivity contribution >= 4 is 29.4 Å². The van der Waals surface area contributed by atoms with Crippen molar-refractivity contribution in [1.29, 1.82) is 0 Å². The molecule has 8 nitrogen and oxygen atoms in total. The molecule has 1 aromatic rings. The van der Waals surface area contributed by atoms with Crippen molar-refractivity contribution in [1.82, 2.24) is 10.2 Å². The van der Waals surface area contributed by atoms with Crippen LogP contribution in [0.25, 0.3) is 0 Å². The van der Waals surface area contributed by atoms with Crippen molar-refractivity contribution in [3.8, 4) is 0 Å². The van der Waals surface area contributed by atoms with Crippen LogP contribution in [0.15, 0.2) is 24.3 Å². The van der Waals surface area contributed by atoms with Gasteiger partial charge in [-0.05, 0) is 25.8 Å². The molecule has 2 fully saturated rings. The molecule has 0 radical (unpaired) electrons. The Morgan fingerprint density at radius 3 is 2.64 bits per heavy atom. The smallest absolute Gasteiger partial charge is 0.303 e. The number of carbonyl (C=O) groups excluding carboxylic acids is 3. The van der Waals surface area contributed by atoms with E-state index in [2.05, 4.69) is 10.6 Å². The van der Waals surface area contributed by atoms with Gasteiger partial charge in [-0.25, -0.2) is 0 Å². The Bertz CT molecular complexity index is 884. The number of nitrogens with zero attached hydrogens (tertiary/aromatic N) is 1. The predicted octanol–water partition coefficient (Wildman–Crippen LogP) is 1.07. The third-order valence-corrected chi connectivity index (χ3v) is 6.36. The lowest BCUT2D eigenvalue weighted by Gasteiger charge is -2.31. The number of nitrogens with one attached hydrogen (secondary N) is 2. The maximum atomic E-state index is 13.4. The van der Waals surface area contributed by atoms with Gasteiger partial charge in [0.05, 0.1) is 11.8 Å². The summed E-state index contributed by atoms with van der Waals surface area (Å²) < 4.78 is 0. The highest BCUT2D eigenvalue weighted by Crippen LogP contribution is 2.53. The quantitative estimate of drug-likeness (QED) is 0.653. The van der Waals surface area contributed by atoms with E-state index < -0.39 is 29.4 Å². The van der Waals surface area contributed by atoms with Crippen molar-refractivity contribution in [3.63, 3.8) is 0 Å². The number of hydrogen-bond donors (Lipinski definition) is 3. The molecule has 0 bridgehead atoms. The highest BCUT2D eigenvalue weighted by molar-refractivity contribution is 6.15. The largest absolute Gasteiger partial charge is 0.481 e. The van der Waals surface area contributed by atoms with Crippen molar-refractivity contribution in [2.75, 3.05) is 5.32 Å². The van der Waals surface area contributed by atoms with Crippen LogP contribution in [0.5, 0.6) is 0 Å². The number of para-hydroxylation sites is 1. The number of aliphatic carboxylic acids is 1. The van der Waals surface area contributed by atoms with Crippen LogP contribution in [0.4, 0.5) is 5.69 Å². The van der Waals surface area contributed by atoms with E-state index in [9.17, 15) is 19.2 Å². The summed E-state index contributed by atoms with van der Waals surface area (Å²) in [6.45, 7) is 3.71. The van der Waals surface area contributed by atoms with E-state index in [4.69, 9.17) is 5.11 Å². The van der Waals surface area contributed by atoms with Crippen LogP contribution in [0.1, 0.15) is 38.7 Å². The summed E-state index contributed by atoms with van der Waals surface area (Å²) in [4.78, 5) is 52.1. The molecular weight excluding hydrogens is 362 g/mol. The molecule has 0 aromatic heterocycles. The van der Waals surface area contributed by atoms with Gasteiger partial charge < -0.3 is 10.4 Å². The van der Waals surface area contributed by atoms with Gasteiger partial charge in [0.2, 0.25) is 17.7 Å². The Morgan fingerprint density at radius 2 is 1.96 bits per heavy atom. The van der Waals surface area contributed by atoms with Crippen LogP contribution in [0.3, 0.4) is 0 Å². The van der Waals surface area contributed by atoms with Gasteiger partial charge in [-0.15, -0.1) is 0 Å². The maximum Gasteiger partial charge on any atom is 0.303 e. The number of imide groups is 1. The summed E-state index contributed by atoms with van der Waals surface area (Å²) in [7, 11) is 0. The zero-order valence-corrected chi connectivity index (χ0v) is 15.8. The molecule has 3 unspecified atom stereocenters. The number of likely N-dealkylation sites (tertiary alicyclic amines) is 1. The topological polar surface area (TPSA) is 116 Å². The zero-order valence-electron chi connectivity index (χ0n) is 15.8. The number of anilines is 1. The maximum absolute atomic E-state index is 13.4. The SMILES string of the molecule is CCC(C)N1C(=O)[C@@H]2C(CCC(=O)O)NC3(C(=O)Nc4ccccc43)[C@@H]2C1=O. The number of benzene rings is 1. The van der Waals surface area contributed by atoms with E-state index in [1.54, 1.807) is 24.3 Å². The Kier molecular flexibility index (Phi) is 4.26. The zero-order chi connectivity index (χ0) is 20.2. The molecule has 1 aromatic carbocycles. The summed E-state index contributed by atoms with van der Waals surface area (Å²) in [5.74, 6) is -3.66. The van der Waals surface area contributed by atoms with Crippen molar-refractivity contribution in [3.05, 3.63) is 29.8 Å². The lowest BCUT2D eigenvalue weighted by atomic mass is 9.76. The molecule has 1 spiro atoms. The fourth-order valence-corrected chi connectivity index (χ4v) is 4.93. The fraction of sp³-hybridized carbons (Fsp3) is 0.500. The number of carboxylic acids is 1. The standard InChI is InChI=1S/C20H23N3O5/c1-3-10(2)23-17(26)15-13(8-9-14(24)25)22-20(16(15)18(23)27)11-6-4-5-7-12(11)21-19(20)28/h4-7,10,13,15-16,22H,3,8-9H2,1-2H3,(H,21,28)(H,24,25)/t10?,13?,15-,16+,20?/m1/s1. The summed E-state index contributed by atoms with van der Waals surface area (Å²) in [6, 6.07) is 6.28. The minimum atomic E-state index is -1.35. The molecule has 3 aliphatic rings. The lowest BCUT2D eigenvalue weighted by molar-refractivity contribution is -0.145. The minimum absolute atomic E-state index is 0.148. The second kappa shape index (κ2) is 6.41. The molecule has 3 heterocycles. The number of carbonyl (C=O) groups is 4. The molecule has 5 atom stereocenters. The van der Waals surface area contributed by atoms with Crippen molar-refractivity contribution in [2.24, 2.45) is 11.8 Å². The molecule has 28 heavy (non-hydrogen) atoms. The highest BCUT2D eigenvalue weighted by atomic mass is 16.4. The van der Waals surface area contributed by atoms with Gasteiger partial charge in [0.1, 0.15) is 5.54 Å². The van der Waals surface area contributed by atoms with Gasteiger partial charge in [-0.1, -0.05) is 25.1 Å². The molecule has 8 heteroatoms. The Labute approximate surface area is 162 Å². The summed E-state index contributed by atoms with van der Waals surface area (Å²) in [5, 5.41) is 15.2. The molecular formula is C20H23N3O5. The minimum Gasteiger partial charge on any atom is -0.481 e. The normalized spacial score (nSPS) is 31.9. The number of hydrogen-bond acceptors (Lipinski definition) is 5. The van der Waals surface area contributed by atoms with Gasteiger partial charge in [0.25, 0.3) is 0 Å². The first-order valence-corrected chi connectivity index (χ1v) is 9.60. The molecule has 3 N–H and O–H groups in total. The number of amides is 3. The van der Waals surface area contributed by atoms with Crippen LogP contribution in [0, 0.1) is 11.8 Å². The Balaban J connectivity index is 1.83. The molecule has 0 aliphatic carbocycles.